The summed E-state index contributed by atoms with van der Waals surface area (Å²) in [6.45, 7) is 2.94. The summed E-state index contributed by atoms with van der Waals surface area (Å²) >= 11 is 5.13. The molecule has 2 aromatic heterocycles. The number of halogens is 2. The number of nitrogens with one attached hydrogen (secondary N) is 1. The van der Waals surface area contributed by atoms with Crippen LogP contribution in [0.3, 0.4) is 0 Å². The molecule has 5 heteroatoms. The van der Waals surface area contributed by atoms with E-state index < -0.39 is 0 Å². The van der Waals surface area contributed by atoms with Crippen molar-refractivity contribution in [2.24, 2.45) is 0 Å². The van der Waals surface area contributed by atoms with Crippen LogP contribution >= 0.6 is 27.3 Å². The van der Waals surface area contributed by atoms with Gasteiger partial charge in [0.05, 0.1) is 12.2 Å². The second kappa shape index (κ2) is 6.41. The summed E-state index contributed by atoms with van der Waals surface area (Å²) < 4.78 is 14.9. The molecule has 2 aromatic rings. The fraction of sp³-hybridized carbons (Fsp3) is 0.308. The van der Waals surface area contributed by atoms with Crippen LogP contribution in [-0.4, -0.2) is 11.5 Å². The third-order valence-electron chi connectivity index (χ3n) is 2.62. The van der Waals surface area contributed by atoms with Crippen molar-refractivity contribution >= 4 is 27.3 Å². The minimum Gasteiger partial charge on any atom is -0.305 e. The Morgan fingerprint density at radius 3 is 2.94 bits per heavy atom. The van der Waals surface area contributed by atoms with Crippen molar-refractivity contribution in [2.75, 3.05) is 6.54 Å². The zero-order valence-electron chi connectivity index (χ0n) is 9.99. The summed E-state index contributed by atoms with van der Waals surface area (Å²) in [5.74, 6) is -0.272. The van der Waals surface area contributed by atoms with Crippen molar-refractivity contribution in [1.29, 1.82) is 0 Å². The van der Waals surface area contributed by atoms with Crippen LogP contribution in [0.25, 0.3) is 0 Å². The number of aromatic nitrogens is 1. The van der Waals surface area contributed by atoms with Gasteiger partial charge in [-0.05, 0) is 46.4 Å². The van der Waals surface area contributed by atoms with Gasteiger partial charge in [0.1, 0.15) is 5.82 Å². The van der Waals surface area contributed by atoms with Crippen LogP contribution in [0.5, 0.6) is 0 Å². The lowest BCUT2D eigenvalue weighted by atomic mass is 10.1. The lowest BCUT2D eigenvalue weighted by molar-refractivity contribution is 0.546. The Kier molecular flexibility index (Phi) is 4.86. The molecule has 0 spiro atoms. The van der Waals surface area contributed by atoms with E-state index in [9.17, 15) is 4.39 Å². The molecule has 0 bridgehead atoms. The molecule has 2 heterocycles. The second-order valence-corrected chi connectivity index (χ2v) is 5.72. The Balaban J connectivity index is 2.37. The van der Waals surface area contributed by atoms with E-state index in [1.165, 1.54) is 6.20 Å². The van der Waals surface area contributed by atoms with Crippen LogP contribution in [0.1, 0.15) is 29.8 Å². The average Bonchev–Trinajstić information content (AvgIpc) is 2.78. The molecule has 96 valence electrons. The fourth-order valence-corrected chi connectivity index (χ4v) is 3.46. The first kappa shape index (κ1) is 13.6. The monoisotopic (exact) mass is 328 g/mol. The highest BCUT2D eigenvalue weighted by atomic mass is 79.9. The van der Waals surface area contributed by atoms with Crippen molar-refractivity contribution < 1.29 is 4.39 Å². The summed E-state index contributed by atoms with van der Waals surface area (Å²) in [5.41, 5.74) is 0.640. The van der Waals surface area contributed by atoms with Gasteiger partial charge in [0, 0.05) is 21.1 Å². The van der Waals surface area contributed by atoms with E-state index in [2.05, 4.69) is 33.2 Å². The van der Waals surface area contributed by atoms with Gasteiger partial charge >= 0.3 is 0 Å². The number of nitrogens with zero attached hydrogens (tertiary/aromatic N) is 1. The normalized spacial score (nSPS) is 12.6. The largest absolute Gasteiger partial charge is 0.305 e. The molecule has 0 aliphatic carbocycles. The Bertz CT molecular complexity index is 515. The zero-order chi connectivity index (χ0) is 13.0. The smallest absolute Gasteiger partial charge is 0.146 e. The number of hydrogen-bond acceptors (Lipinski definition) is 3. The molecule has 2 nitrogen and oxygen atoms in total. The third kappa shape index (κ3) is 2.96. The molecule has 0 aliphatic rings. The maximum Gasteiger partial charge on any atom is 0.146 e. The Morgan fingerprint density at radius 2 is 2.33 bits per heavy atom. The second-order valence-electron chi connectivity index (χ2n) is 3.92. The van der Waals surface area contributed by atoms with E-state index in [1.807, 2.05) is 11.4 Å². The van der Waals surface area contributed by atoms with Gasteiger partial charge < -0.3 is 5.32 Å². The van der Waals surface area contributed by atoms with Crippen molar-refractivity contribution in [2.45, 2.75) is 19.4 Å². The standard InChI is InChI=1S/C13H14BrFN2S/c1-2-5-17-12(13-10(14)4-7-18-13)9-3-6-16-8-11(9)15/h3-4,6-8,12,17H,2,5H2,1H3. The van der Waals surface area contributed by atoms with Gasteiger partial charge in [-0.15, -0.1) is 11.3 Å². The Morgan fingerprint density at radius 1 is 1.50 bits per heavy atom. The van der Waals surface area contributed by atoms with Crippen molar-refractivity contribution in [3.63, 3.8) is 0 Å². The van der Waals surface area contributed by atoms with E-state index in [-0.39, 0.29) is 11.9 Å². The van der Waals surface area contributed by atoms with Crippen LogP contribution in [-0.2, 0) is 0 Å². The molecule has 0 amide bonds. The molecule has 0 saturated carbocycles. The predicted octanol–water partition coefficient (Wildman–Crippen LogP) is 4.13. The number of rotatable bonds is 5. The minimum absolute atomic E-state index is 0.123. The topological polar surface area (TPSA) is 24.9 Å². The molecule has 0 saturated heterocycles. The number of pyridine rings is 1. The van der Waals surface area contributed by atoms with Crippen LogP contribution in [0, 0.1) is 5.82 Å². The van der Waals surface area contributed by atoms with Gasteiger partial charge in [-0.1, -0.05) is 6.92 Å². The van der Waals surface area contributed by atoms with E-state index in [4.69, 9.17) is 0 Å². The fourth-order valence-electron chi connectivity index (χ4n) is 1.76. The van der Waals surface area contributed by atoms with Crippen molar-refractivity contribution in [1.82, 2.24) is 10.3 Å². The van der Waals surface area contributed by atoms with Crippen LogP contribution in [0.15, 0.2) is 34.4 Å². The van der Waals surface area contributed by atoms with Gasteiger partial charge in [-0.3, -0.25) is 4.98 Å². The summed E-state index contributed by atoms with van der Waals surface area (Å²) in [4.78, 5) is 4.89. The van der Waals surface area contributed by atoms with Gasteiger partial charge in [0.25, 0.3) is 0 Å². The highest BCUT2D eigenvalue weighted by Crippen LogP contribution is 2.33. The third-order valence-corrected chi connectivity index (χ3v) is 4.56. The summed E-state index contributed by atoms with van der Waals surface area (Å²) in [6.07, 6.45) is 3.89. The van der Waals surface area contributed by atoms with Gasteiger partial charge in [-0.2, -0.15) is 0 Å². The maximum atomic E-state index is 13.9. The molecule has 1 unspecified atom stereocenters. The zero-order valence-corrected chi connectivity index (χ0v) is 12.4. The van der Waals surface area contributed by atoms with Gasteiger partial charge in [-0.25, -0.2) is 4.39 Å². The van der Waals surface area contributed by atoms with Gasteiger partial charge in [0.2, 0.25) is 0 Å². The number of hydrogen-bond donors (Lipinski definition) is 1. The SMILES string of the molecule is CCCNC(c1ccncc1F)c1sccc1Br. The molecule has 0 fully saturated rings. The molecule has 1 atom stereocenters. The lowest BCUT2D eigenvalue weighted by Crippen LogP contribution is -2.23. The Hall–Kier alpha value is -0.780. The maximum absolute atomic E-state index is 13.9. The minimum atomic E-state index is -0.272. The van der Waals surface area contributed by atoms with Crippen molar-refractivity contribution in [3.8, 4) is 0 Å². The van der Waals surface area contributed by atoms with E-state index in [0.717, 1.165) is 22.3 Å². The highest BCUT2D eigenvalue weighted by Gasteiger charge is 2.20. The molecule has 0 radical (unpaired) electrons. The van der Waals surface area contributed by atoms with Gasteiger partial charge in [0.15, 0.2) is 0 Å². The quantitative estimate of drug-likeness (QED) is 0.892. The van der Waals surface area contributed by atoms with E-state index in [1.54, 1.807) is 23.6 Å². The lowest BCUT2D eigenvalue weighted by Gasteiger charge is -2.18. The summed E-state index contributed by atoms with van der Waals surface area (Å²) in [5, 5.41) is 5.38. The highest BCUT2D eigenvalue weighted by molar-refractivity contribution is 9.10. The molecule has 0 aromatic carbocycles. The molecule has 2 rings (SSSR count). The van der Waals surface area contributed by atoms with Crippen molar-refractivity contribution in [3.05, 3.63) is 50.6 Å². The first-order chi connectivity index (χ1) is 8.74. The summed E-state index contributed by atoms with van der Waals surface area (Å²) in [6, 6.07) is 3.59. The average molecular weight is 329 g/mol. The molecule has 1 N–H and O–H groups in total. The first-order valence-corrected chi connectivity index (χ1v) is 7.47. The van der Waals surface area contributed by atoms with Crippen LogP contribution in [0.2, 0.25) is 0 Å². The first-order valence-electron chi connectivity index (χ1n) is 5.79. The van der Waals surface area contributed by atoms with Crippen LogP contribution in [0.4, 0.5) is 4.39 Å². The van der Waals surface area contributed by atoms with E-state index >= 15 is 0 Å². The van der Waals surface area contributed by atoms with Crippen LogP contribution < -0.4 is 5.32 Å². The Labute approximate surface area is 118 Å². The number of thiophene rings is 1. The molecular weight excluding hydrogens is 315 g/mol. The molecule has 18 heavy (non-hydrogen) atoms. The predicted molar refractivity (Wildman–Crippen MR) is 76.4 cm³/mol. The molecular formula is C13H14BrFN2S. The summed E-state index contributed by atoms with van der Waals surface area (Å²) in [7, 11) is 0. The van der Waals surface area contributed by atoms with E-state index in [0.29, 0.717) is 5.56 Å². The molecule has 0 aliphatic heterocycles.